The lowest BCUT2D eigenvalue weighted by molar-refractivity contribution is -0.433. The third-order valence-electron chi connectivity index (χ3n) is 18.5. The monoisotopic (exact) mass is 1030 g/mol. The lowest BCUT2D eigenvalue weighted by atomic mass is 9.57. The predicted octanol–water partition coefficient (Wildman–Crippen LogP) is 3.88. The van der Waals surface area contributed by atoms with E-state index < -0.39 is 68.8 Å². The number of hydrogen-bond donors (Lipinski definition) is 10. The molecule has 0 spiro atoms. The Morgan fingerprint density at radius 3 is 1.55 bits per heavy atom. The Bertz CT molecular complexity index is 1840. The van der Waals surface area contributed by atoms with Crippen LogP contribution < -0.4 is 21.7 Å². The van der Waals surface area contributed by atoms with Gasteiger partial charge in [-0.2, -0.15) is 0 Å². The van der Waals surface area contributed by atoms with Crippen molar-refractivity contribution in [3.05, 3.63) is 0 Å². The smallest absolute Gasteiger partial charge is 0.243 e. The number of ether oxygens (including phenoxy) is 3. The molecule has 3 aliphatic carbocycles. The van der Waals surface area contributed by atoms with Crippen LogP contribution in [0.3, 0.4) is 0 Å². The molecule has 9 fully saturated rings. The van der Waals surface area contributed by atoms with Crippen LogP contribution in [-0.4, -0.2) is 135 Å². The SMILES string of the molecule is C#CO.CC1(O)OC2(C)C(CCBr)C(=O)NC12C(O)C1CCCCC1.CC12OCC1(C(O)C1CCCCC1)NC(=O)C2CCCl.CCC1(N)C(=O)NC2(C(O)C3CCCCC3)C(C)(O)OC12C. The van der Waals surface area contributed by atoms with Gasteiger partial charge in [0.1, 0.15) is 39.5 Å². The fourth-order valence-corrected chi connectivity index (χ4v) is 15.2. The van der Waals surface area contributed by atoms with E-state index in [1.165, 1.54) is 45.1 Å². The fraction of sp³-hybridized carbons (Fsp3) is 0.898. The Morgan fingerprint density at radius 2 is 1.15 bits per heavy atom. The number of rotatable bonds is 11. The average Bonchev–Trinajstić information content (AvgIpc) is 3.66. The number of amides is 3. The van der Waals surface area contributed by atoms with Crippen molar-refractivity contribution in [3.63, 3.8) is 0 Å². The average molecular weight is 1030 g/mol. The van der Waals surface area contributed by atoms with Crippen LogP contribution in [0.1, 0.15) is 157 Å². The molecule has 11 N–H and O–H groups in total. The molecule has 0 aromatic carbocycles. The highest BCUT2D eigenvalue weighted by Crippen LogP contribution is 2.62. The van der Waals surface area contributed by atoms with Gasteiger partial charge in [-0.15, -0.1) is 11.6 Å². The number of carbonyl (C=O) groups is 3. The summed E-state index contributed by atoms with van der Waals surface area (Å²) in [5.41, 5.74) is -0.438. The molecule has 6 aliphatic heterocycles. The maximum atomic E-state index is 12.5. The number of fused-ring (bicyclic) bond motifs is 3. The Balaban J connectivity index is 0.000000161. The molecule has 18 heteroatoms. The molecule has 14 atom stereocenters. The van der Waals surface area contributed by atoms with E-state index in [1.54, 1.807) is 13.8 Å². The van der Waals surface area contributed by atoms with Crippen LogP contribution in [0.15, 0.2) is 0 Å². The molecule has 382 valence electrons. The third-order valence-corrected chi connectivity index (χ3v) is 19.2. The summed E-state index contributed by atoms with van der Waals surface area (Å²) in [5.74, 6) is -3.39. The summed E-state index contributed by atoms with van der Waals surface area (Å²) in [7, 11) is 0. The first kappa shape index (κ1) is 54.5. The fourth-order valence-electron chi connectivity index (χ4n) is 14.5. The molecular weight excluding hydrogens is 952 g/mol. The summed E-state index contributed by atoms with van der Waals surface area (Å²) in [6.45, 7) is 10.8. The summed E-state index contributed by atoms with van der Waals surface area (Å²) < 4.78 is 17.3. The number of nitrogens with two attached hydrogens (primary N) is 1. The van der Waals surface area contributed by atoms with Gasteiger partial charge in [-0.3, -0.25) is 14.4 Å². The number of carbonyl (C=O) groups excluding carboxylic acids is 3. The first-order valence-corrected chi connectivity index (χ1v) is 26.6. The molecular formula is C49H80BrClN4O12. The highest BCUT2D eigenvalue weighted by Gasteiger charge is 2.86. The van der Waals surface area contributed by atoms with Crippen LogP contribution in [-0.2, 0) is 28.6 Å². The summed E-state index contributed by atoms with van der Waals surface area (Å²) >= 11 is 9.20. The number of hydrogen-bond acceptors (Lipinski definition) is 13. The van der Waals surface area contributed by atoms with Crippen molar-refractivity contribution in [1.29, 1.82) is 0 Å². The maximum Gasteiger partial charge on any atom is 0.243 e. The van der Waals surface area contributed by atoms with Crippen molar-refractivity contribution in [2.24, 2.45) is 35.3 Å². The molecule has 0 aromatic rings. The van der Waals surface area contributed by atoms with E-state index in [2.05, 4.69) is 38.3 Å². The van der Waals surface area contributed by atoms with E-state index in [-0.39, 0.29) is 47.3 Å². The molecule has 6 heterocycles. The van der Waals surface area contributed by atoms with E-state index in [0.29, 0.717) is 37.1 Å². The van der Waals surface area contributed by atoms with Gasteiger partial charge in [-0.05, 0) is 110 Å². The molecule has 3 saturated carbocycles. The highest BCUT2D eigenvalue weighted by atomic mass is 79.9. The summed E-state index contributed by atoms with van der Waals surface area (Å²) in [4.78, 5) is 37.3. The molecule has 67 heavy (non-hydrogen) atoms. The number of nitrogens with one attached hydrogen (secondary N) is 3. The number of aliphatic hydroxyl groups is 6. The van der Waals surface area contributed by atoms with E-state index in [9.17, 15) is 39.9 Å². The predicted molar refractivity (Wildman–Crippen MR) is 254 cm³/mol. The zero-order valence-corrected chi connectivity index (χ0v) is 42.9. The summed E-state index contributed by atoms with van der Waals surface area (Å²) in [6.07, 6.45) is 20.9. The van der Waals surface area contributed by atoms with Crippen molar-refractivity contribution < 1.29 is 59.2 Å². The number of terminal acetylenes is 1. The molecule has 16 nitrogen and oxygen atoms in total. The summed E-state index contributed by atoms with van der Waals surface area (Å²) in [5, 5.41) is 71.1. The van der Waals surface area contributed by atoms with Gasteiger partial charge in [-0.25, -0.2) is 0 Å². The second-order valence-electron chi connectivity index (χ2n) is 21.8. The first-order valence-electron chi connectivity index (χ1n) is 24.9. The molecule has 0 radical (unpaired) electrons. The Morgan fingerprint density at radius 1 is 0.716 bits per heavy atom. The van der Waals surface area contributed by atoms with Crippen molar-refractivity contribution in [2.75, 3.05) is 17.8 Å². The number of alkyl halides is 2. The van der Waals surface area contributed by atoms with E-state index in [4.69, 9.17) is 36.7 Å². The quantitative estimate of drug-likeness (QED) is 0.104. The van der Waals surface area contributed by atoms with Crippen molar-refractivity contribution in [3.8, 4) is 12.5 Å². The Labute approximate surface area is 410 Å². The Kier molecular flexibility index (Phi) is 16.3. The van der Waals surface area contributed by atoms with E-state index >= 15 is 0 Å². The van der Waals surface area contributed by atoms with Crippen LogP contribution in [0.25, 0.3) is 0 Å². The maximum absolute atomic E-state index is 12.5. The third kappa shape index (κ3) is 8.09. The van der Waals surface area contributed by atoms with Gasteiger partial charge in [0.15, 0.2) is 17.1 Å². The van der Waals surface area contributed by atoms with Crippen LogP contribution in [0.5, 0.6) is 0 Å². The van der Waals surface area contributed by atoms with E-state index in [0.717, 1.165) is 64.2 Å². The Hall–Kier alpha value is -1.82. The second-order valence-corrected chi connectivity index (χ2v) is 22.9. The minimum absolute atomic E-state index is 0.0134. The molecule has 0 aromatic heterocycles. The zero-order valence-electron chi connectivity index (χ0n) is 40.5. The molecule has 6 saturated heterocycles. The van der Waals surface area contributed by atoms with Gasteiger partial charge in [0, 0.05) is 11.2 Å². The molecule has 0 bridgehead atoms. The van der Waals surface area contributed by atoms with Gasteiger partial charge >= 0.3 is 0 Å². The zero-order chi connectivity index (χ0) is 49.6. The molecule has 9 rings (SSSR count). The topological polar surface area (TPSA) is 262 Å². The molecule has 9 aliphatic rings. The molecule has 14 unspecified atom stereocenters. The van der Waals surface area contributed by atoms with Crippen molar-refractivity contribution in [1.82, 2.24) is 16.0 Å². The standard InChI is InChI=1S/C16H26BrNO4.C16H28N2O4.C15H24ClNO3.C2H2O/c1-14-11(8-9-17)13(20)18-16(14,15(2,21)22-14)12(19)10-6-4-3-5-7-10;1-4-15(17)12(20)18-16(13(15,2)22-14(16,3)21)11(19)10-8-6-5-7-9-10;1-14-11(7-8-16)13(19)17-15(14,9-20-14)12(18)10-5-3-2-4-6-10;1-2-3/h10-12,19,21H,3-9H2,1-2H3,(H,18,20);10-11,19,21H,4-9,17H2,1-3H3,(H,18,20);10-12,18H,2-9H2,1H3,(H,17,19);1,3H. The second kappa shape index (κ2) is 20.0. The van der Waals surface area contributed by atoms with Crippen LogP contribution in [0, 0.1) is 42.1 Å². The lowest BCUT2D eigenvalue weighted by Gasteiger charge is -2.66. The normalized spacial score (nSPS) is 44.7. The minimum Gasteiger partial charge on any atom is -0.462 e. The van der Waals surface area contributed by atoms with Crippen LogP contribution >= 0.6 is 27.5 Å². The number of aliphatic hydroxyl groups excluding tert-OH is 4. The van der Waals surface area contributed by atoms with Gasteiger partial charge < -0.3 is 66.5 Å². The highest BCUT2D eigenvalue weighted by molar-refractivity contribution is 9.09. The van der Waals surface area contributed by atoms with Gasteiger partial charge in [0.25, 0.3) is 0 Å². The van der Waals surface area contributed by atoms with Crippen molar-refractivity contribution in [2.45, 2.75) is 226 Å². The van der Waals surface area contributed by atoms with Gasteiger partial charge in [0.2, 0.25) is 17.7 Å². The van der Waals surface area contributed by atoms with Crippen molar-refractivity contribution >= 4 is 45.3 Å². The first-order chi connectivity index (χ1) is 31.4. The summed E-state index contributed by atoms with van der Waals surface area (Å²) in [6, 6.07) is 0. The van der Waals surface area contributed by atoms with Crippen LogP contribution in [0.4, 0.5) is 0 Å². The largest absolute Gasteiger partial charge is 0.462 e. The van der Waals surface area contributed by atoms with E-state index in [1.807, 2.05) is 20.8 Å². The van der Waals surface area contributed by atoms with Gasteiger partial charge in [-0.1, -0.05) is 87.1 Å². The lowest BCUT2D eigenvalue weighted by Crippen LogP contribution is -2.90. The number of halogens is 2. The van der Waals surface area contributed by atoms with Gasteiger partial charge in [0.05, 0.1) is 36.8 Å². The molecule has 3 amide bonds. The van der Waals surface area contributed by atoms with Crippen LogP contribution in [0.2, 0.25) is 0 Å². The minimum atomic E-state index is -1.62.